The first-order valence-corrected chi connectivity index (χ1v) is 4.54. The Morgan fingerprint density at radius 1 is 1.45 bits per heavy atom. The SMILES string of the molecule is CC1CCN(CCF)C(C)C1. The quantitative estimate of drug-likeness (QED) is 0.596. The number of halogens is 1. The fourth-order valence-corrected chi connectivity index (χ4v) is 1.90. The Balaban J connectivity index is 2.31. The maximum absolute atomic E-state index is 12.0. The lowest BCUT2D eigenvalue weighted by Crippen LogP contribution is -2.41. The van der Waals surface area contributed by atoms with Crippen molar-refractivity contribution in [2.24, 2.45) is 5.92 Å². The number of alkyl halides is 1. The summed E-state index contributed by atoms with van der Waals surface area (Å²) in [5.74, 6) is 0.834. The summed E-state index contributed by atoms with van der Waals surface area (Å²) in [5, 5.41) is 0. The summed E-state index contributed by atoms with van der Waals surface area (Å²) < 4.78 is 12.0. The van der Waals surface area contributed by atoms with Gasteiger partial charge in [0.1, 0.15) is 6.67 Å². The van der Waals surface area contributed by atoms with Gasteiger partial charge in [-0.2, -0.15) is 0 Å². The highest BCUT2D eigenvalue weighted by Crippen LogP contribution is 2.21. The van der Waals surface area contributed by atoms with E-state index in [1.807, 2.05) is 0 Å². The fraction of sp³-hybridized carbons (Fsp3) is 1.00. The van der Waals surface area contributed by atoms with Crippen molar-refractivity contribution < 1.29 is 4.39 Å². The van der Waals surface area contributed by atoms with E-state index in [-0.39, 0.29) is 6.67 Å². The zero-order valence-corrected chi connectivity index (χ0v) is 7.52. The third-order valence-electron chi connectivity index (χ3n) is 2.65. The lowest BCUT2D eigenvalue weighted by Gasteiger charge is -2.35. The number of likely N-dealkylation sites (tertiary alicyclic amines) is 1. The molecule has 0 aromatic heterocycles. The molecule has 66 valence electrons. The third kappa shape index (κ3) is 2.44. The van der Waals surface area contributed by atoms with Gasteiger partial charge >= 0.3 is 0 Å². The molecule has 1 rings (SSSR count). The standard InChI is InChI=1S/C9H18FN/c1-8-3-5-11(6-4-10)9(2)7-8/h8-9H,3-7H2,1-2H3. The van der Waals surface area contributed by atoms with Crippen molar-refractivity contribution >= 4 is 0 Å². The summed E-state index contributed by atoms with van der Waals surface area (Å²) >= 11 is 0. The predicted octanol–water partition coefficient (Wildman–Crippen LogP) is 2.08. The normalized spacial score (nSPS) is 34.1. The minimum absolute atomic E-state index is 0.196. The van der Waals surface area contributed by atoms with E-state index in [1.54, 1.807) is 0 Å². The van der Waals surface area contributed by atoms with Gasteiger partial charge < -0.3 is 0 Å². The van der Waals surface area contributed by atoms with Crippen LogP contribution in [0.15, 0.2) is 0 Å². The van der Waals surface area contributed by atoms with Crippen molar-refractivity contribution in [1.29, 1.82) is 0 Å². The predicted molar refractivity (Wildman–Crippen MR) is 45.4 cm³/mol. The number of hydrogen-bond acceptors (Lipinski definition) is 1. The molecule has 1 aliphatic heterocycles. The summed E-state index contributed by atoms with van der Waals surface area (Å²) in [5.41, 5.74) is 0. The molecule has 1 aliphatic rings. The minimum atomic E-state index is -0.196. The van der Waals surface area contributed by atoms with Crippen molar-refractivity contribution in [2.75, 3.05) is 19.8 Å². The van der Waals surface area contributed by atoms with E-state index in [9.17, 15) is 4.39 Å². The van der Waals surface area contributed by atoms with Gasteiger partial charge in [0.15, 0.2) is 0 Å². The summed E-state index contributed by atoms with van der Waals surface area (Å²) in [6.07, 6.45) is 2.48. The van der Waals surface area contributed by atoms with Crippen LogP contribution in [-0.2, 0) is 0 Å². The number of piperidine rings is 1. The van der Waals surface area contributed by atoms with Gasteiger partial charge in [0, 0.05) is 12.6 Å². The van der Waals surface area contributed by atoms with Crippen LogP contribution in [0.3, 0.4) is 0 Å². The van der Waals surface area contributed by atoms with Crippen molar-refractivity contribution in [1.82, 2.24) is 4.90 Å². The second-order valence-electron chi connectivity index (χ2n) is 3.70. The Bertz CT molecular complexity index is 116. The van der Waals surface area contributed by atoms with E-state index in [1.165, 1.54) is 12.8 Å². The van der Waals surface area contributed by atoms with E-state index in [4.69, 9.17) is 0 Å². The summed E-state index contributed by atoms with van der Waals surface area (Å²) in [6.45, 7) is 6.01. The molecule has 1 fully saturated rings. The summed E-state index contributed by atoms with van der Waals surface area (Å²) in [4.78, 5) is 2.25. The molecule has 0 spiro atoms. The maximum atomic E-state index is 12.0. The van der Waals surface area contributed by atoms with Crippen molar-refractivity contribution in [3.05, 3.63) is 0 Å². The molecule has 1 heterocycles. The van der Waals surface area contributed by atoms with Crippen LogP contribution in [-0.4, -0.2) is 30.7 Å². The molecule has 0 aliphatic carbocycles. The van der Waals surface area contributed by atoms with Crippen LogP contribution in [0.25, 0.3) is 0 Å². The Hall–Kier alpha value is -0.110. The molecule has 2 heteroatoms. The molecule has 0 N–H and O–H groups in total. The van der Waals surface area contributed by atoms with Crippen LogP contribution < -0.4 is 0 Å². The summed E-state index contributed by atoms with van der Waals surface area (Å²) in [6, 6.07) is 0.592. The van der Waals surface area contributed by atoms with E-state index in [2.05, 4.69) is 18.7 Å². The Labute approximate surface area is 68.6 Å². The van der Waals surface area contributed by atoms with Gasteiger partial charge in [-0.3, -0.25) is 4.90 Å². The second kappa shape index (κ2) is 4.05. The number of rotatable bonds is 2. The van der Waals surface area contributed by atoms with Crippen LogP contribution in [0.2, 0.25) is 0 Å². The monoisotopic (exact) mass is 159 g/mol. The Morgan fingerprint density at radius 2 is 2.18 bits per heavy atom. The van der Waals surface area contributed by atoms with Gasteiger partial charge in [0.25, 0.3) is 0 Å². The second-order valence-corrected chi connectivity index (χ2v) is 3.70. The molecule has 1 nitrogen and oxygen atoms in total. The van der Waals surface area contributed by atoms with E-state index < -0.39 is 0 Å². The lowest BCUT2D eigenvalue weighted by atomic mass is 9.93. The van der Waals surface area contributed by atoms with Crippen LogP contribution in [0.4, 0.5) is 4.39 Å². The first kappa shape index (κ1) is 8.98. The fourth-order valence-electron chi connectivity index (χ4n) is 1.90. The highest BCUT2D eigenvalue weighted by molar-refractivity contribution is 4.76. The van der Waals surface area contributed by atoms with Crippen LogP contribution in [0.5, 0.6) is 0 Å². The third-order valence-corrected chi connectivity index (χ3v) is 2.65. The first-order valence-electron chi connectivity index (χ1n) is 4.54. The molecule has 0 aromatic carbocycles. The zero-order chi connectivity index (χ0) is 8.27. The molecule has 11 heavy (non-hydrogen) atoms. The molecule has 2 unspecified atom stereocenters. The maximum Gasteiger partial charge on any atom is 0.102 e. The number of nitrogens with zero attached hydrogens (tertiary/aromatic N) is 1. The average molecular weight is 159 g/mol. The average Bonchev–Trinajstić information content (AvgIpc) is 1.95. The van der Waals surface area contributed by atoms with Gasteiger partial charge in [-0.1, -0.05) is 6.92 Å². The molecule has 0 radical (unpaired) electrons. The van der Waals surface area contributed by atoms with Crippen LogP contribution in [0, 0.1) is 5.92 Å². The van der Waals surface area contributed by atoms with Crippen molar-refractivity contribution in [2.45, 2.75) is 32.7 Å². The topological polar surface area (TPSA) is 3.24 Å². The molecular weight excluding hydrogens is 141 g/mol. The van der Waals surface area contributed by atoms with E-state index in [0.29, 0.717) is 12.6 Å². The van der Waals surface area contributed by atoms with Crippen LogP contribution in [0.1, 0.15) is 26.7 Å². The molecule has 2 atom stereocenters. The van der Waals surface area contributed by atoms with Crippen molar-refractivity contribution in [3.63, 3.8) is 0 Å². The van der Waals surface area contributed by atoms with Gasteiger partial charge in [0.05, 0.1) is 0 Å². The molecule has 0 amide bonds. The molecule has 0 aromatic rings. The van der Waals surface area contributed by atoms with E-state index in [0.717, 1.165) is 12.5 Å². The van der Waals surface area contributed by atoms with E-state index >= 15 is 0 Å². The van der Waals surface area contributed by atoms with Gasteiger partial charge in [0.2, 0.25) is 0 Å². The molecule has 1 saturated heterocycles. The smallest absolute Gasteiger partial charge is 0.102 e. The number of hydrogen-bond donors (Lipinski definition) is 0. The first-order chi connectivity index (χ1) is 5.24. The van der Waals surface area contributed by atoms with Gasteiger partial charge in [-0.05, 0) is 32.2 Å². The van der Waals surface area contributed by atoms with Crippen molar-refractivity contribution in [3.8, 4) is 0 Å². The highest BCUT2D eigenvalue weighted by atomic mass is 19.1. The summed E-state index contributed by atoms with van der Waals surface area (Å²) in [7, 11) is 0. The highest BCUT2D eigenvalue weighted by Gasteiger charge is 2.21. The zero-order valence-electron chi connectivity index (χ0n) is 7.52. The Morgan fingerprint density at radius 3 is 2.73 bits per heavy atom. The molecule has 0 bridgehead atoms. The van der Waals surface area contributed by atoms with Crippen LogP contribution >= 0.6 is 0 Å². The largest absolute Gasteiger partial charge is 0.298 e. The van der Waals surface area contributed by atoms with Gasteiger partial charge in [-0.25, -0.2) is 4.39 Å². The molecular formula is C9H18FN. The van der Waals surface area contributed by atoms with Gasteiger partial charge in [-0.15, -0.1) is 0 Å². The minimum Gasteiger partial charge on any atom is -0.298 e. The lowest BCUT2D eigenvalue weighted by molar-refractivity contribution is 0.121. The molecule has 0 saturated carbocycles. The Kier molecular flexibility index (Phi) is 3.31.